The van der Waals surface area contributed by atoms with Crippen molar-refractivity contribution in [2.45, 2.75) is 84.9 Å². The van der Waals surface area contributed by atoms with Crippen molar-refractivity contribution in [3.63, 3.8) is 0 Å². The number of nitrogens with zero attached hydrogens (tertiary/aromatic N) is 3. The molecule has 0 unspecified atom stereocenters. The first-order valence-electron chi connectivity index (χ1n) is 10.5. The molecule has 1 aliphatic carbocycles. The highest BCUT2D eigenvalue weighted by Crippen LogP contribution is 2.41. The average molecular weight is 434 g/mol. The number of hydrogen-bond donors (Lipinski definition) is 0. The molecule has 0 bridgehead atoms. The third-order valence-corrected chi connectivity index (χ3v) is 6.60. The number of carbonyl (C=O) groups is 1. The van der Waals surface area contributed by atoms with Crippen molar-refractivity contribution >= 4 is 33.7 Å². The van der Waals surface area contributed by atoms with Gasteiger partial charge in [-0.2, -0.15) is 0 Å². The Labute approximate surface area is 180 Å². The van der Waals surface area contributed by atoms with Crippen LogP contribution in [-0.4, -0.2) is 33.5 Å². The molecular weight excluding hydrogens is 402 g/mol. The van der Waals surface area contributed by atoms with Crippen molar-refractivity contribution in [1.29, 1.82) is 0 Å². The number of unbranched alkanes of at least 4 members (excludes halogenated alkanes) is 1. The minimum Gasteiger partial charge on any atom is -0.459 e. The van der Waals surface area contributed by atoms with Gasteiger partial charge in [0, 0.05) is 12.8 Å². The van der Waals surface area contributed by atoms with E-state index >= 15 is 0 Å². The topological polar surface area (TPSA) is 82.7 Å². The van der Waals surface area contributed by atoms with Crippen molar-refractivity contribution < 1.29 is 9.53 Å². The highest BCUT2D eigenvalue weighted by atomic mass is 32.1. The van der Waals surface area contributed by atoms with Gasteiger partial charge >= 0.3 is 11.7 Å². The molecule has 0 radical (unpaired) electrons. The average Bonchev–Trinajstić information content (AvgIpc) is 3.27. The molecule has 2 aromatic rings. The van der Waals surface area contributed by atoms with Crippen LogP contribution in [0.5, 0.6) is 0 Å². The van der Waals surface area contributed by atoms with Gasteiger partial charge in [0.1, 0.15) is 17.0 Å². The van der Waals surface area contributed by atoms with Gasteiger partial charge in [-0.25, -0.2) is 4.79 Å². The lowest BCUT2D eigenvalue weighted by atomic mass is 10.2. The Hall–Kier alpha value is -2.22. The van der Waals surface area contributed by atoms with Crippen molar-refractivity contribution in [3.8, 4) is 0 Å². The molecule has 0 atom stereocenters. The highest BCUT2D eigenvalue weighted by Gasteiger charge is 2.42. The van der Waals surface area contributed by atoms with Crippen LogP contribution in [0.15, 0.2) is 14.6 Å². The van der Waals surface area contributed by atoms with Gasteiger partial charge in [-0.3, -0.25) is 23.7 Å². The van der Waals surface area contributed by atoms with E-state index in [0.717, 1.165) is 36.1 Å². The maximum atomic E-state index is 13.3. The predicted molar refractivity (Wildman–Crippen MR) is 121 cm³/mol. The van der Waals surface area contributed by atoms with Crippen LogP contribution < -0.4 is 11.2 Å². The highest BCUT2D eigenvalue weighted by molar-refractivity contribution is 7.20. The molecule has 0 saturated heterocycles. The van der Waals surface area contributed by atoms with E-state index < -0.39 is 11.6 Å². The lowest BCUT2D eigenvalue weighted by Crippen LogP contribution is -2.44. The zero-order valence-corrected chi connectivity index (χ0v) is 19.5. The number of esters is 1. The number of fused-ring (bicyclic) bond motifs is 1. The second-order valence-corrected chi connectivity index (χ2v) is 10.3. The van der Waals surface area contributed by atoms with Crippen molar-refractivity contribution in [3.05, 3.63) is 31.3 Å². The van der Waals surface area contributed by atoms with Crippen LogP contribution >= 0.6 is 11.3 Å². The van der Waals surface area contributed by atoms with E-state index in [0.29, 0.717) is 16.8 Å². The fraction of sp³-hybridized carbons (Fsp3) is 0.636. The van der Waals surface area contributed by atoms with Crippen LogP contribution in [0, 0.1) is 6.92 Å². The second kappa shape index (κ2) is 8.13. The quantitative estimate of drug-likeness (QED) is 0.493. The van der Waals surface area contributed by atoms with E-state index in [4.69, 9.17) is 4.74 Å². The summed E-state index contributed by atoms with van der Waals surface area (Å²) < 4.78 is 8.47. The summed E-state index contributed by atoms with van der Waals surface area (Å²) in [6, 6.07) is 0. The summed E-state index contributed by atoms with van der Waals surface area (Å²) in [7, 11) is 0. The Bertz CT molecular complexity index is 1110. The minimum absolute atomic E-state index is 0.0874. The molecule has 8 heteroatoms. The largest absolute Gasteiger partial charge is 0.459 e. The Kier molecular flexibility index (Phi) is 6.09. The van der Waals surface area contributed by atoms with Crippen LogP contribution in [0.1, 0.15) is 70.7 Å². The maximum Gasteiger partial charge on any atom is 0.332 e. The molecule has 0 amide bonds. The lowest BCUT2D eigenvalue weighted by Gasteiger charge is -2.18. The minimum atomic E-state index is -0.556. The van der Waals surface area contributed by atoms with Crippen LogP contribution in [0.3, 0.4) is 0 Å². The normalized spacial score (nSPS) is 15.8. The molecule has 2 heterocycles. The molecule has 1 aliphatic rings. The SMILES string of the molecule is CCCCn1c(=O)n(C2(C)CC2)c(=O)c2c(C)c(C=NCC(=O)OC(C)(C)C)sc21. The van der Waals surface area contributed by atoms with Gasteiger partial charge in [0.05, 0.1) is 15.8 Å². The predicted octanol–water partition coefficient (Wildman–Crippen LogP) is 3.60. The Balaban J connectivity index is 2.05. The molecule has 164 valence electrons. The molecule has 0 aromatic carbocycles. The third kappa shape index (κ3) is 4.43. The molecule has 1 fully saturated rings. The number of carbonyl (C=O) groups excluding carboxylic acids is 1. The number of aromatic nitrogens is 2. The van der Waals surface area contributed by atoms with E-state index in [-0.39, 0.29) is 23.3 Å². The molecule has 1 saturated carbocycles. The van der Waals surface area contributed by atoms with Gasteiger partial charge in [0.2, 0.25) is 0 Å². The third-order valence-electron chi connectivity index (χ3n) is 5.35. The van der Waals surface area contributed by atoms with Crippen molar-refractivity contribution in [1.82, 2.24) is 9.13 Å². The number of ether oxygens (including phenoxy) is 1. The standard InChI is InChI=1S/C22H31N3O4S/c1-7-8-11-24-19-17(18(27)25(20(24)28)22(6)9-10-22)14(2)15(30-19)12-23-13-16(26)29-21(3,4)5/h12H,7-11,13H2,1-6H3. The molecule has 3 rings (SSSR count). The summed E-state index contributed by atoms with van der Waals surface area (Å²) in [4.78, 5) is 44.1. The Morgan fingerprint density at radius 1 is 1.30 bits per heavy atom. The summed E-state index contributed by atoms with van der Waals surface area (Å²) in [6.45, 7) is 11.9. The molecule has 30 heavy (non-hydrogen) atoms. The van der Waals surface area contributed by atoms with Gasteiger partial charge in [-0.05, 0) is 59.4 Å². The molecular formula is C22H31N3O4S. The zero-order valence-electron chi connectivity index (χ0n) is 18.7. The van der Waals surface area contributed by atoms with Gasteiger partial charge in [0.15, 0.2) is 0 Å². The Morgan fingerprint density at radius 2 is 1.97 bits per heavy atom. The van der Waals surface area contributed by atoms with E-state index in [9.17, 15) is 14.4 Å². The number of aliphatic imine (C=N–C) groups is 1. The molecule has 7 nitrogen and oxygen atoms in total. The summed E-state index contributed by atoms with van der Waals surface area (Å²) in [6.07, 6.45) is 5.12. The van der Waals surface area contributed by atoms with E-state index in [1.165, 1.54) is 15.9 Å². The lowest BCUT2D eigenvalue weighted by molar-refractivity contribution is -0.152. The first-order chi connectivity index (χ1) is 14.0. The van der Waals surface area contributed by atoms with Gasteiger partial charge in [0.25, 0.3) is 5.56 Å². The van der Waals surface area contributed by atoms with Crippen molar-refractivity contribution in [2.24, 2.45) is 4.99 Å². The van der Waals surface area contributed by atoms with Gasteiger partial charge in [-0.15, -0.1) is 11.3 Å². The first kappa shape index (κ1) is 22.5. The smallest absolute Gasteiger partial charge is 0.332 e. The van der Waals surface area contributed by atoms with E-state index in [1.54, 1.807) is 10.8 Å². The van der Waals surface area contributed by atoms with E-state index in [2.05, 4.69) is 11.9 Å². The number of aryl methyl sites for hydroxylation is 2. The summed E-state index contributed by atoms with van der Waals surface area (Å²) in [5, 5.41) is 0.586. The maximum absolute atomic E-state index is 13.3. The van der Waals surface area contributed by atoms with Gasteiger partial charge < -0.3 is 4.74 Å². The molecule has 0 spiro atoms. The number of thiophene rings is 1. The fourth-order valence-corrected chi connectivity index (χ4v) is 4.67. The zero-order chi connectivity index (χ0) is 22.3. The first-order valence-corrected chi connectivity index (χ1v) is 11.3. The summed E-state index contributed by atoms with van der Waals surface area (Å²) >= 11 is 1.38. The fourth-order valence-electron chi connectivity index (χ4n) is 3.46. The van der Waals surface area contributed by atoms with E-state index in [1.807, 2.05) is 34.6 Å². The van der Waals surface area contributed by atoms with Crippen LogP contribution in [0.25, 0.3) is 10.2 Å². The second-order valence-electron chi connectivity index (χ2n) is 9.25. The number of rotatable bonds is 7. The summed E-state index contributed by atoms with van der Waals surface area (Å²) in [5.74, 6) is -0.401. The van der Waals surface area contributed by atoms with Crippen LogP contribution in [0.4, 0.5) is 0 Å². The van der Waals surface area contributed by atoms with Crippen LogP contribution in [-0.2, 0) is 21.6 Å². The molecule has 0 N–H and O–H groups in total. The Morgan fingerprint density at radius 3 is 2.53 bits per heavy atom. The van der Waals surface area contributed by atoms with Crippen molar-refractivity contribution in [2.75, 3.05) is 6.54 Å². The molecule has 2 aromatic heterocycles. The van der Waals surface area contributed by atoms with Crippen LogP contribution in [0.2, 0.25) is 0 Å². The van der Waals surface area contributed by atoms with Gasteiger partial charge in [-0.1, -0.05) is 13.3 Å². The monoisotopic (exact) mass is 433 g/mol. The number of hydrogen-bond acceptors (Lipinski definition) is 6. The molecule has 0 aliphatic heterocycles. The summed E-state index contributed by atoms with van der Waals surface area (Å²) in [5.41, 5.74) is -0.575.